The van der Waals surface area contributed by atoms with Crippen LogP contribution in [0.4, 0.5) is 5.82 Å². The Kier molecular flexibility index (Phi) is 3.51. The van der Waals surface area contributed by atoms with E-state index >= 15 is 0 Å². The molecular formula is C10H6Cl2N4O. The number of carbonyl (C=O) groups excluding carboxylic acids is 1. The third-order valence-electron chi connectivity index (χ3n) is 1.90. The number of rotatable bonds is 2. The van der Waals surface area contributed by atoms with Gasteiger partial charge in [-0.1, -0.05) is 23.2 Å². The summed E-state index contributed by atoms with van der Waals surface area (Å²) in [6, 6.07) is 1.50. The first kappa shape index (κ1) is 11.8. The fourth-order valence-corrected chi connectivity index (χ4v) is 1.50. The Labute approximate surface area is 107 Å². The highest BCUT2D eigenvalue weighted by Crippen LogP contribution is 2.18. The Balaban J connectivity index is 2.24. The maximum Gasteiger partial charge on any atom is 0.258 e. The van der Waals surface area contributed by atoms with Crippen LogP contribution in [0.3, 0.4) is 0 Å². The Morgan fingerprint density at radius 1 is 1.18 bits per heavy atom. The minimum absolute atomic E-state index is 0.117. The Hall–Kier alpha value is -1.72. The number of nitrogens with one attached hydrogen (secondary N) is 1. The van der Waals surface area contributed by atoms with E-state index in [1.54, 1.807) is 0 Å². The van der Waals surface area contributed by atoms with Crippen LogP contribution in [0.15, 0.2) is 30.9 Å². The SMILES string of the molecule is O=C(Nc1nccnc1Cl)c1ccncc1Cl. The normalized spacial score (nSPS) is 10.0. The van der Waals surface area contributed by atoms with Crippen LogP contribution in [0, 0.1) is 0 Å². The summed E-state index contributed by atoms with van der Waals surface area (Å²) in [7, 11) is 0. The molecule has 2 heterocycles. The van der Waals surface area contributed by atoms with Gasteiger partial charge in [0.1, 0.15) is 0 Å². The minimum atomic E-state index is -0.417. The van der Waals surface area contributed by atoms with Gasteiger partial charge in [0.15, 0.2) is 11.0 Å². The molecule has 17 heavy (non-hydrogen) atoms. The second kappa shape index (κ2) is 5.07. The van der Waals surface area contributed by atoms with Crippen molar-refractivity contribution in [3.63, 3.8) is 0 Å². The van der Waals surface area contributed by atoms with Gasteiger partial charge >= 0.3 is 0 Å². The molecule has 0 aromatic carbocycles. The zero-order valence-corrected chi connectivity index (χ0v) is 9.90. The van der Waals surface area contributed by atoms with Gasteiger partial charge in [-0.25, -0.2) is 9.97 Å². The Morgan fingerprint density at radius 3 is 2.65 bits per heavy atom. The van der Waals surface area contributed by atoms with Gasteiger partial charge in [0.25, 0.3) is 5.91 Å². The lowest BCUT2D eigenvalue weighted by molar-refractivity contribution is 0.102. The van der Waals surface area contributed by atoms with E-state index in [0.29, 0.717) is 5.56 Å². The maximum absolute atomic E-state index is 11.8. The predicted molar refractivity (Wildman–Crippen MR) is 64.2 cm³/mol. The topological polar surface area (TPSA) is 67.8 Å². The first-order valence-corrected chi connectivity index (χ1v) is 5.31. The van der Waals surface area contributed by atoms with Gasteiger partial charge < -0.3 is 5.32 Å². The number of carbonyl (C=O) groups is 1. The summed E-state index contributed by atoms with van der Waals surface area (Å²) in [4.78, 5) is 23.3. The van der Waals surface area contributed by atoms with Crippen LogP contribution >= 0.6 is 23.2 Å². The van der Waals surface area contributed by atoms with Gasteiger partial charge in [-0.3, -0.25) is 9.78 Å². The molecule has 0 saturated heterocycles. The van der Waals surface area contributed by atoms with Crippen molar-refractivity contribution >= 4 is 34.9 Å². The van der Waals surface area contributed by atoms with Crippen LogP contribution in [0.5, 0.6) is 0 Å². The smallest absolute Gasteiger partial charge is 0.258 e. The van der Waals surface area contributed by atoms with Crippen LogP contribution in [0.2, 0.25) is 10.2 Å². The summed E-state index contributed by atoms with van der Waals surface area (Å²) in [6.45, 7) is 0. The van der Waals surface area contributed by atoms with Crippen molar-refractivity contribution in [3.8, 4) is 0 Å². The molecule has 0 aliphatic heterocycles. The van der Waals surface area contributed by atoms with Gasteiger partial charge in [0, 0.05) is 24.8 Å². The van der Waals surface area contributed by atoms with E-state index < -0.39 is 5.91 Å². The predicted octanol–water partition coefficient (Wildman–Crippen LogP) is 2.43. The van der Waals surface area contributed by atoms with Gasteiger partial charge in [-0.15, -0.1) is 0 Å². The lowest BCUT2D eigenvalue weighted by atomic mass is 10.2. The van der Waals surface area contributed by atoms with Crippen molar-refractivity contribution in [2.45, 2.75) is 0 Å². The molecule has 0 saturated carbocycles. The van der Waals surface area contributed by atoms with Gasteiger partial charge in [0.2, 0.25) is 0 Å². The minimum Gasteiger partial charge on any atom is -0.304 e. The van der Waals surface area contributed by atoms with E-state index in [1.807, 2.05) is 0 Å². The molecule has 2 aromatic heterocycles. The molecule has 2 aromatic rings. The van der Waals surface area contributed by atoms with E-state index in [0.717, 1.165) is 0 Å². The summed E-state index contributed by atoms with van der Waals surface area (Å²) in [5.74, 6) is -0.230. The van der Waals surface area contributed by atoms with Crippen molar-refractivity contribution in [2.24, 2.45) is 0 Å². The number of amides is 1. The molecule has 1 amide bonds. The average molecular weight is 269 g/mol. The second-order valence-corrected chi connectivity index (χ2v) is 3.77. The van der Waals surface area contributed by atoms with Crippen molar-refractivity contribution in [1.82, 2.24) is 15.0 Å². The number of hydrogen-bond donors (Lipinski definition) is 1. The molecule has 0 radical (unpaired) electrons. The molecule has 0 aliphatic carbocycles. The molecule has 86 valence electrons. The van der Waals surface area contributed by atoms with Crippen LogP contribution in [0.1, 0.15) is 10.4 Å². The summed E-state index contributed by atoms with van der Waals surface area (Å²) in [5.41, 5.74) is 0.295. The monoisotopic (exact) mass is 268 g/mol. The third-order valence-corrected chi connectivity index (χ3v) is 2.48. The van der Waals surface area contributed by atoms with Crippen LogP contribution < -0.4 is 5.32 Å². The highest BCUT2D eigenvalue weighted by atomic mass is 35.5. The summed E-state index contributed by atoms with van der Waals surface area (Å²) in [6.07, 6.45) is 5.71. The zero-order chi connectivity index (χ0) is 12.3. The molecule has 2 rings (SSSR count). The number of pyridine rings is 1. The zero-order valence-electron chi connectivity index (χ0n) is 8.39. The standard InChI is InChI=1S/C10H6Cl2N4O/c11-7-5-13-2-1-6(7)10(17)16-9-8(12)14-3-4-15-9/h1-5H,(H,15,16,17). The fraction of sp³-hybridized carbons (Fsp3) is 0. The van der Waals surface area contributed by atoms with Crippen LogP contribution in [-0.2, 0) is 0 Å². The van der Waals surface area contributed by atoms with Crippen molar-refractivity contribution in [1.29, 1.82) is 0 Å². The van der Waals surface area contributed by atoms with Gasteiger partial charge in [-0.05, 0) is 6.07 Å². The number of hydrogen-bond acceptors (Lipinski definition) is 4. The van der Waals surface area contributed by atoms with Crippen LogP contribution in [-0.4, -0.2) is 20.9 Å². The number of anilines is 1. The van der Waals surface area contributed by atoms with Crippen molar-refractivity contribution in [2.75, 3.05) is 5.32 Å². The lowest BCUT2D eigenvalue weighted by Gasteiger charge is -2.05. The van der Waals surface area contributed by atoms with E-state index in [4.69, 9.17) is 23.2 Å². The summed E-state index contributed by atoms with van der Waals surface area (Å²) < 4.78 is 0. The van der Waals surface area contributed by atoms with Crippen LogP contribution in [0.25, 0.3) is 0 Å². The second-order valence-electron chi connectivity index (χ2n) is 3.01. The molecule has 1 N–H and O–H groups in total. The van der Waals surface area contributed by atoms with E-state index in [2.05, 4.69) is 20.3 Å². The third kappa shape index (κ3) is 2.69. The highest BCUT2D eigenvalue weighted by Gasteiger charge is 2.12. The molecule has 7 heteroatoms. The highest BCUT2D eigenvalue weighted by molar-refractivity contribution is 6.35. The molecular weight excluding hydrogens is 263 g/mol. The molecule has 0 spiro atoms. The van der Waals surface area contributed by atoms with E-state index in [1.165, 1.54) is 30.9 Å². The van der Waals surface area contributed by atoms with Crippen molar-refractivity contribution < 1.29 is 4.79 Å². The molecule has 5 nitrogen and oxygen atoms in total. The molecule has 0 bridgehead atoms. The summed E-state index contributed by atoms with van der Waals surface area (Å²) >= 11 is 11.6. The van der Waals surface area contributed by atoms with E-state index in [9.17, 15) is 4.79 Å². The largest absolute Gasteiger partial charge is 0.304 e. The Bertz CT molecular complexity index is 562. The van der Waals surface area contributed by atoms with Gasteiger partial charge in [0.05, 0.1) is 10.6 Å². The Morgan fingerprint density at radius 2 is 1.94 bits per heavy atom. The molecule has 0 atom stereocenters. The first-order valence-electron chi connectivity index (χ1n) is 4.56. The number of nitrogens with zero attached hydrogens (tertiary/aromatic N) is 3. The van der Waals surface area contributed by atoms with E-state index in [-0.39, 0.29) is 16.0 Å². The van der Waals surface area contributed by atoms with Crippen molar-refractivity contribution in [3.05, 3.63) is 46.6 Å². The average Bonchev–Trinajstić information content (AvgIpc) is 2.32. The first-order chi connectivity index (χ1) is 8.18. The number of aromatic nitrogens is 3. The molecule has 0 unspecified atom stereocenters. The number of halogens is 2. The molecule has 0 aliphatic rings. The maximum atomic E-state index is 11.8. The fourth-order valence-electron chi connectivity index (χ4n) is 1.14. The molecule has 0 fully saturated rings. The summed E-state index contributed by atoms with van der Waals surface area (Å²) in [5, 5.41) is 2.88. The quantitative estimate of drug-likeness (QED) is 0.909. The van der Waals surface area contributed by atoms with Gasteiger partial charge in [-0.2, -0.15) is 0 Å². The lowest BCUT2D eigenvalue weighted by Crippen LogP contribution is -2.14.